The van der Waals surface area contributed by atoms with Crippen LogP contribution in [0.4, 0.5) is 5.69 Å². The molecule has 0 amide bonds. The van der Waals surface area contributed by atoms with E-state index in [2.05, 4.69) is 48.5 Å². The minimum atomic E-state index is -0.0986. The Balaban J connectivity index is 1.56. The number of anilines is 1. The van der Waals surface area contributed by atoms with Crippen LogP contribution in [0.2, 0.25) is 0 Å². The van der Waals surface area contributed by atoms with Gasteiger partial charge in [0.15, 0.2) is 0 Å². The van der Waals surface area contributed by atoms with E-state index < -0.39 is 0 Å². The van der Waals surface area contributed by atoms with Gasteiger partial charge in [-0.3, -0.25) is 9.36 Å². The van der Waals surface area contributed by atoms with Crippen molar-refractivity contribution in [3.63, 3.8) is 0 Å². The summed E-state index contributed by atoms with van der Waals surface area (Å²) in [6, 6.07) is 23.8. The maximum absolute atomic E-state index is 13.0. The number of rotatable bonds is 9. The molecule has 2 N–H and O–H groups in total. The van der Waals surface area contributed by atoms with Crippen LogP contribution in [-0.4, -0.2) is 42.4 Å². The summed E-state index contributed by atoms with van der Waals surface area (Å²) >= 11 is 0. The molecule has 0 saturated heterocycles. The molecule has 4 rings (SSSR count). The van der Waals surface area contributed by atoms with Crippen LogP contribution in [-0.2, 0) is 0 Å². The zero-order valence-corrected chi connectivity index (χ0v) is 19.2. The second-order valence-corrected chi connectivity index (χ2v) is 8.33. The van der Waals surface area contributed by atoms with Gasteiger partial charge in [0.2, 0.25) is 0 Å². The molecular weight excluding hydrogens is 408 g/mol. The van der Waals surface area contributed by atoms with E-state index in [9.17, 15) is 4.79 Å². The second kappa shape index (κ2) is 10.3. The van der Waals surface area contributed by atoms with Gasteiger partial charge in [-0.05, 0) is 72.2 Å². The van der Waals surface area contributed by atoms with Gasteiger partial charge < -0.3 is 15.6 Å². The lowest BCUT2D eigenvalue weighted by molar-refractivity contribution is 0.348. The Morgan fingerprint density at radius 2 is 1.73 bits per heavy atom. The van der Waals surface area contributed by atoms with Crippen molar-refractivity contribution in [1.82, 2.24) is 9.47 Å². The molecule has 1 heterocycles. The molecule has 0 aliphatic carbocycles. The molecule has 168 valence electrons. The topological polar surface area (TPSA) is 61.1 Å². The molecule has 1 aromatic heterocycles. The highest BCUT2D eigenvalue weighted by Crippen LogP contribution is 2.24. The molecule has 0 atom stereocenters. The fraction of sp³-hybridized carbons (Fsp3) is 0.214. The summed E-state index contributed by atoms with van der Waals surface area (Å²) in [7, 11) is 2.11. The summed E-state index contributed by atoms with van der Waals surface area (Å²) in [5.41, 5.74) is 4.22. The van der Waals surface area contributed by atoms with Crippen molar-refractivity contribution in [2.24, 2.45) is 0 Å². The second-order valence-electron chi connectivity index (χ2n) is 8.33. The van der Waals surface area contributed by atoms with Gasteiger partial charge in [-0.2, -0.15) is 0 Å². The van der Waals surface area contributed by atoms with Crippen molar-refractivity contribution in [2.75, 3.05) is 32.0 Å². The number of aromatic nitrogens is 1. The molecule has 5 heteroatoms. The van der Waals surface area contributed by atoms with Gasteiger partial charge in [-0.25, -0.2) is 0 Å². The lowest BCUT2D eigenvalue weighted by Crippen LogP contribution is -2.26. The van der Waals surface area contributed by atoms with Crippen molar-refractivity contribution < 1.29 is 0 Å². The first-order valence-corrected chi connectivity index (χ1v) is 11.4. The third kappa shape index (κ3) is 5.21. The standard InChI is InChI=1S/C28H30N4O/c1-3-14-31(2)16-13-30-27-11-10-26(18-25(27)20-29)32-15-12-24(19-28(32)33)23-9-8-21-6-4-5-7-22(21)17-23/h4-12,15,17-20,29-30H,3,13-14,16H2,1-2H3. The minimum Gasteiger partial charge on any atom is -0.383 e. The molecule has 0 aliphatic heterocycles. The summed E-state index contributed by atoms with van der Waals surface area (Å²) in [5, 5.41) is 13.6. The fourth-order valence-corrected chi connectivity index (χ4v) is 4.10. The molecular formula is C28H30N4O. The van der Waals surface area contributed by atoms with E-state index in [1.54, 1.807) is 10.6 Å². The SMILES string of the molecule is CCCN(C)CCNc1ccc(-n2ccc(-c3ccc4ccccc4c3)cc2=O)cc1C=N. The average molecular weight is 439 g/mol. The lowest BCUT2D eigenvalue weighted by Gasteiger charge is -2.17. The summed E-state index contributed by atoms with van der Waals surface area (Å²) in [6.07, 6.45) is 4.27. The zero-order valence-electron chi connectivity index (χ0n) is 19.2. The number of nitrogens with zero attached hydrogens (tertiary/aromatic N) is 2. The molecule has 0 fully saturated rings. The summed E-state index contributed by atoms with van der Waals surface area (Å²) in [5.74, 6) is 0. The largest absolute Gasteiger partial charge is 0.383 e. The van der Waals surface area contributed by atoms with E-state index in [0.29, 0.717) is 0 Å². The number of nitrogens with one attached hydrogen (secondary N) is 2. The highest BCUT2D eigenvalue weighted by atomic mass is 16.1. The van der Waals surface area contributed by atoms with Gasteiger partial charge in [0.05, 0.1) is 0 Å². The number of hydrogen-bond donors (Lipinski definition) is 2. The van der Waals surface area contributed by atoms with Gasteiger partial charge in [0, 0.05) is 48.5 Å². The predicted molar refractivity (Wildman–Crippen MR) is 139 cm³/mol. The molecule has 0 aliphatic rings. The van der Waals surface area contributed by atoms with Crippen LogP contribution in [0.15, 0.2) is 83.8 Å². The molecule has 0 bridgehead atoms. The highest BCUT2D eigenvalue weighted by molar-refractivity contribution is 5.88. The van der Waals surface area contributed by atoms with Gasteiger partial charge in [0.1, 0.15) is 0 Å². The van der Waals surface area contributed by atoms with E-state index in [1.807, 2.05) is 48.7 Å². The smallest absolute Gasteiger partial charge is 0.255 e. The van der Waals surface area contributed by atoms with Crippen molar-refractivity contribution in [3.8, 4) is 16.8 Å². The van der Waals surface area contributed by atoms with E-state index in [1.165, 1.54) is 11.6 Å². The Bertz CT molecular complexity index is 1330. The maximum atomic E-state index is 13.0. The van der Waals surface area contributed by atoms with Gasteiger partial charge >= 0.3 is 0 Å². The van der Waals surface area contributed by atoms with Crippen molar-refractivity contribution in [2.45, 2.75) is 13.3 Å². The first-order valence-electron chi connectivity index (χ1n) is 11.4. The lowest BCUT2D eigenvalue weighted by atomic mass is 10.0. The molecule has 0 spiro atoms. The number of hydrogen-bond acceptors (Lipinski definition) is 4. The Hall–Kier alpha value is -3.70. The van der Waals surface area contributed by atoms with Crippen LogP contribution in [0, 0.1) is 5.41 Å². The minimum absolute atomic E-state index is 0.0986. The Morgan fingerprint density at radius 1 is 0.939 bits per heavy atom. The quantitative estimate of drug-likeness (QED) is 0.344. The first kappa shape index (κ1) is 22.5. The van der Waals surface area contributed by atoms with Crippen LogP contribution in [0.5, 0.6) is 0 Å². The third-order valence-electron chi connectivity index (χ3n) is 5.89. The normalized spacial score (nSPS) is 11.1. The van der Waals surface area contributed by atoms with E-state index >= 15 is 0 Å². The molecule has 5 nitrogen and oxygen atoms in total. The predicted octanol–water partition coefficient (Wildman–Crippen LogP) is 5.41. The maximum Gasteiger partial charge on any atom is 0.255 e. The van der Waals surface area contributed by atoms with E-state index in [4.69, 9.17) is 5.41 Å². The zero-order chi connectivity index (χ0) is 23.2. The number of pyridine rings is 1. The molecule has 4 aromatic rings. The molecule has 0 unspecified atom stereocenters. The fourth-order valence-electron chi connectivity index (χ4n) is 4.10. The van der Waals surface area contributed by atoms with Crippen LogP contribution in [0.3, 0.4) is 0 Å². The monoisotopic (exact) mass is 438 g/mol. The number of fused-ring (bicyclic) bond motifs is 1. The van der Waals surface area contributed by atoms with Crippen molar-refractivity contribution >= 4 is 22.7 Å². The summed E-state index contributed by atoms with van der Waals surface area (Å²) in [6.45, 7) is 4.97. The molecule has 0 saturated carbocycles. The van der Waals surface area contributed by atoms with Crippen LogP contribution < -0.4 is 10.9 Å². The Morgan fingerprint density at radius 3 is 2.48 bits per heavy atom. The van der Waals surface area contributed by atoms with Gasteiger partial charge in [0.25, 0.3) is 5.56 Å². The molecule has 33 heavy (non-hydrogen) atoms. The Labute approximate surface area is 194 Å². The van der Waals surface area contributed by atoms with Gasteiger partial charge in [-0.15, -0.1) is 0 Å². The molecule has 0 radical (unpaired) electrons. The van der Waals surface area contributed by atoms with E-state index in [0.717, 1.165) is 59.5 Å². The molecule has 3 aromatic carbocycles. The number of benzene rings is 3. The van der Waals surface area contributed by atoms with E-state index in [-0.39, 0.29) is 5.56 Å². The average Bonchev–Trinajstić information content (AvgIpc) is 2.84. The summed E-state index contributed by atoms with van der Waals surface area (Å²) in [4.78, 5) is 15.2. The third-order valence-corrected chi connectivity index (χ3v) is 5.89. The number of likely N-dealkylation sites (N-methyl/N-ethyl adjacent to an activating group) is 1. The Kier molecular flexibility index (Phi) is 7.01. The summed E-state index contributed by atoms with van der Waals surface area (Å²) < 4.78 is 1.62. The van der Waals surface area contributed by atoms with Crippen LogP contribution in [0.1, 0.15) is 18.9 Å². The van der Waals surface area contributed by atoms with Crippen LogP contribution >= 0.6 is 0 Å². The van der Waals surface area contributed by atoms with Crippen molar-refractivity contribution in [1.29, 1.82) is 5.41 Å². The van der Waals surface area contributed by atoms with Crippen molar-refractivity contribution in [3.05, 3.63) is 94.9 Å². The first-order chi connectivity index (χ1) is 16.1. The van der Waals surface area contributed by atoms with Crippen LogP contribution in [0.25, 0.3) is 27.6 Å². The van der Waals surface area contributed by atoms with Gasteiger partial charge in [-0.1, -0.05) is 43.3 Å². The highest BCUT2D eigenvalue weighted by Gasteiger charge is 2.08.